The minimum Gasteiger partial charge on any atom is -0.498 e. The maximum atomic E-state index is 12.3. The van der Waals surface area contributed by atoms with Gasteiger partial charge in [0.15, 0.2) is 5.78 Å². The molecule has 3 heteroatoms. The first kappa shape index (κ1) is 14.4. The van der Waals surface area contributed by atoms with Crippen LogP contribution in [0.5, 0.6) is 0 Å². The molecular formula is C19H19NO2. The number of carbonyl (C=O) groups excluding carboxylic acids is 1. The van der Waals surface area contributed by atoms with Crippen LogP contribution in [0.4, 0.5) is 0 Å². The number of aromatic amines is 1. The standard InChI is InChI=1S/C19H19NO2/c1-2-22-17-5-3-4-16(13-17)19(21)9-7-14-6-8-18-15(12-14)10-11-20-18/h4,6-13,20H,2-3,5H2,1H3/b9-7+. The minimum atomic E-state index is 0.0195. The quantitative estimate of drug-likeness (QED) is 0.831. The molecule has 0 aliphatic heterocycles. The average molecular weight is 293 g/mol. The van der Waals surface area contributed by atoms with Crippen LogP contribution in [-0.4, -0.2) is 17.4 Å². The number of hydrogen-bond acceptors (Lipinski definition) is 2. The topological polar surface area (TPSA) is 42.1 Å². The molecule has 112 valence electrons. The zero-order valence-corrected chi connectivity index (χ0v) is 12.6. The molecule has 1 N–H and O–H groups in total. The van der Waals surface area contributed by atoms with Gasteiger partial charge in [0.05, 0.1) is 12.4 Å². The lowest BCUT2D eigenvalue weighted by atomic mass is 10.0. The van der Waals surface area contributed by atoms with Gasteiger partial charge in [-0.15, -0.1) is 0 Å². The predicted octanol–water partition coefficient (Wildman–Crippen LogP) is 4.39. The summed E-state index contributed by atoms with van der Waals surface area (Å²) in [5.74, 6) is 0.918. The largest absolute Gasteiger partial charge is 0.498 e. The molecule has 0 radical (unpaired) electrons. The molecular weight excluding hydrogens is 274 g/mol. The van der Waals surface area contributed by atoms with Gasteiger partial charge in [-0.05, 0) is 54.6 Å². The summed E-state index contributed by atoms with van der Waals surface area (Å²) in [5.41, 5.74) is 2.84. The number of aromatic nitrogens is 1. The van der Waals surface area contributed by atoms with Crippen LogP contribution < -0.4 is 0 Å². The second kappa shape index (κ2) is 6.48. The third kappa shape index (κ3) is 3.19. The van der Waals surface area contributed by atoms with E-state index in [1.165, 1.54) is 0 Å². The fourth-order valence-corrected chi connectivity index (χ4v) is 2.59. The van der Waals surface area contributed by atoms with Crippen LogP contribution in [0.3, 0.4) is 0 Å². The number of carbonyl (C=O) groups is 1. The maximum Gasteiger partial charge on any atom is 0.185 e. The van der Waals surface area contributed by atoms with E-state index >= 15 is 0 Å². The van der Waals surface area contributed by atoms with Gasteiger partial charge in [-0.2, -0.15) is 0 Å². The second-order valence-electron chi connectivity index (χ2n) is 5.26. The number of hydrogen-bond donors (Lipinski definition) is 1. The highest BCUT2D eigenvalue weighted by molar-refractivity contribution is 6.08. The molecule has 1 aromatic heterocycles. The van der Waals surface area contributed by atoms with Gasteiger partial charge >= 0.3 is 0 Å². The molecule has 0 unspecified atom stereocenters. The molecule has 3 nitrogen and oxygen atoms in total. The SMILES string of the molecule is CCOC1=CC(C(=O)/C=C/c2ccc3[nH]ccc3c2)=CCC1. The van der Waals surface area contributed by atoms with E-state index < -0.39 is 0 Å². The molecule has 0 fully saturated rings. The van der Waals surface area contributed by atoms with E-state index in [0.717, 1.165) is 35.1 Å². The first-order valence-electron chi connectivity index (χ1n) is 7.59. The molecule has 22 heavy (non-hydrogen) atoms. The number of rotatable bonds is 5. The Morgan fingerprint density at radius 2 is 2.27 bits per heavy atom. The third-order valence-corrected chi connectivity index (χ3v) is 3.69. The molecule has 0 atom stereocenters. The lowest BCUT2D eigenvalue weighted by molar-refractivity contribution is -0.111. The first-order chi connectivity index (χ1) is 10.8. The maximum absolute atomic E-state index is 12.3. The molecule has 0 amide bonds. The minimum absolute atomic E-state index is 0.0195. The average Bonchev–Trinajstić information content (AvgIpc) is 3.01. The van der Waals surface area contributed by atoms with Crippen molar-refractivity contribution in [3.8, 4) is 0 Å². The number of fused-ring (bicyclic) bond motifs is 1. The molecule has 1 heterocycles. The Morgan fingerprint density at radius 1 is 1.36 bits per heavy atom. The number of allylic oxidation sites excluding steroid dienone is 5. The van der Waals surface area contributed by atoms with Gasteiger partial charge in [-0.1, -0.05) is 18.2 Å². The lowest BCUT2D eigenvalue weighted by Crippen LogP contribution is -2.03. The molecule has 3 rings (SSSR count). The van der Waals surface area contributed by atoms with E-state index in [-0.39, 0.29) is 5.78 Å². The Balaban J connectivity index is 1.74. The summed E-state index contributed by atoms with van der Waals surface area (Å²) in [7, 11) is 0. The van der Waals surface area contributed by atoms with Crippen LogP contribution in [0.1, 0.15) is 25.3 Å². The van der Waals surface area contributed by atoms with Gasteiger partial charge in [0, 0.05) is 23.7 Å². The van der Waals surface area contributed by atoms with Crippen LogP contribution >= 0.6 is 0 Å². The molecule has 2 aromatic rings. The molecule has 1 aliphatic rings. The Labute approximate surface area is 130 Å². The fraction of sp³-hybridized carbons (Fsp3) is 0.211. The van der Waals surface area contributed by atoms with Gasteiger partial charge in [-0.3, -0.25) is 4.79 Å². The monoisotopic (exact) mass is 293 g/mol. The number of ether oxygens (including phenoxy) is 1. The van der Waals surface area contributed by atoms with Crippen molar-refractivity contribution < 1.29 is 9.53 Å². The number of benzene rings is 1. The summed E-state index contributed by atoms with van der Waals surface area (Å²) in [4.78, 5) is 15.4. The Hall–Kier alpha value is -2.55. The van der Waals surface area contributed by atoms with Crippen molar-refractivity contribution >= 4 is 22.8 Å². The number of H-pyrrole nitrogens is 1. The first-order valence-corrected chi connectivity index (χ1v) is 7.59. The van der Waals surface area contributed by atoms with E-state index in [1.54, 1.807) is 6.08 Å². The van der Waals surface area contributed by atoms with Gasteiger partial charge < -0.3 is 9.72 Å². The molecule has 1 aromatic carbocycles. The van der Waals surface area contributed by atoms with Gasteiger partial charge in [-0.25, -0.2) is 0 Å². The highest BCUT2D eigenvalue weighted by Crippen LogP contribution is 2.20. The van der Waals surface area contributed by atoms with Crippen LogP contribution in [-0.2, 0) is 9.53 Å². The molecule has 0 spiro atoms. The van der Waals surface area contributed by atoms with Crippen molar-refractivity contribution in [2.75, 3.05) is 6.61 Å². The molecule has 0 saturated carbocycles. The van der Waals surface area contributed by atoms with Crippen molar-refractivity contribution in [1.82, 2.24) is 4.98 Å². The van der Waals surface area contributed by atoms with E-state index in [9.17, 15) is 4.79 Å². The van der Waals surface area contributed by atoms with Gasteiger partial charge in [0.1, 0.15) is 0 Å². The van der Waals surface area contributed by atoms with Crippen molar-refractivity contribution in [1.29, 1.82) is 0 Å². The summed E-state index contributed by atoms with van der Waals surface area (Å²) >= 11 is 0. The van der Waals surface area contributed by atoms with Crippen LogP contribution in [0.2, 0.25) is 0 Å². The Bertz CT molecular complexity index is 778. The van der Waals surface area contributed by atoms with Crippen LogP contribution in [0.25, 0.3) is 17.0 Å². The van der Waals surface area contributed by atoms with Crippen molar-refractivity contribution in [2.45, 2.75) is 19.8 Å². The zero-order chi connectivity index (χ0) is 15.4. The highest BCUT2D eigenvalue weighted by Gasteiger charge is 2.10. The fourth-order valence-electron chi connectivity index (χ4n) is 2.59. The lowest BCUT2D eigenvalue weighted by Gasteiger charge is -2.12. The highest BCUT2D eigenvalue weighted by atomic mass is 16.5. The molecule has 0 bridgehead atoms. The number of nitrogens with one attached hydrogen (secondary N) is 1. The summed E-state index contributed by atoms with van der Waals surface area (Å²) in [6.45, 7) is 2.59. The van der Waals surface area contributed by atoms with Crippen LogP contribution in [0.15, 0.2) is 60.0 Å². The van der Waals surface area contributed by atoms with E-state index in [4.69, 9.17) is 4.74 Å². The van der Waals surface area contributed by atoms with Gasteiger partial charge in [0.2, 0.25) is 0 Å². The van der Waals surface area contributed by atoms with Crippen molar-refractivity contribution in [3.63, 3.8) is 0 Å². The smallest absolute Gasteiger partial charge is 0.185 e. The van der Waals surface area contributed by atoms with Crippen molar-refractivity contribution in [2.24, 2.45) is 0 Å². The Kier molecular flexibility index (Phi) is 4.24. The van der Waals surface area contributed by atoms with Crippen molar-refractivity contribution in [3.05, 3.63) is 65.6 Å². The molecule has 1 aliphatic carbocycles. The normalized spacial score (nSPS) is 15.0. The van der Waals surface area contributed by atoms with E-state index in [0.29, 0.717) is 12.2 Å². The Morgan fingerprint density at radius 3 is 3.14 bits per heavy atom. The van der Waals surface area contributed by atoms with E-state index in [2.05, 4.69) is 11.1 Å². The van der Waals surface area contributed by atoms with Gasteiger partial charge in [0.25, 0.3) is 0 Å². The molecule has 0 saturated heterocycles. The van der Waals surface area contributed by atoms with E-state index in [1.807, 2.05) is 49.5 Å². The predicted molar refractivity (Wildman–Crippen MR) is 89.4 cm³/mol. The third-order valence-electron chi connectivity index (χ3n) is 3.69. The summed E-state index contributed by atoms with van der Waals surface area (Å²) in [6, 6.07) is 8.10. The number of ketones is 1. The summed E-state index contributed by atoms with van der Waals surface area (Å²) in [5, 5.41) is 1.14. The summed E-state index contributed by atoms with van der Waals surface area (Å²) < 4.78 is 5.51. The van der Waals surface area contributed by atoms with Crippen LogP contribution in [0, 0.1) is 0 Å². The second-order valence-corrected chi connectivity index (χ2v) is 5.26. The zero-order valence-electron chi connectivity index (χ0n) is 12.6. The summed E-state index contributed by atoms with van der Waals surface area (Å²) in [6.07, 6.45) is 11.0.